The van der Waals surface area contributed by atoms with E-state index in [0.717, 1.165) is 6.07 Å². The minimum Gasteiger partial charge on any atom is -0.478 e. The summed E-state index contributed by atoms with van der Waals surface area (Å²) in [6, 6.07) is 1.63. The first kappa shape index (κ1) is 11.8. The third-order valence-corrected chi connectivity index (χ3v) is 2.62. The molecule has 1 N–H and O–H groups in total. The van der Waals surface area contributed by atoms with E-state index in [4.69, 9.17) is 9.84 Å². The number of morpholine rings is 1. The van der Waals surface area contributed by atoms with Crippen molar-refractivity contribution in [2.45, 2.75) is 0 Å². The lowest BCUT2D eigenvalue weighted by Crippen LogP contribution is -2.37. The number of hydrogen-bond acceptors (Lipinski definition) is 3. The first-order valence-corrected chi connectivity index (χ1v) is 5.14. The van der Waals surface area contributed by atoms with Gasteiger partial charge in [0.25, 0.3) is 0 Å². The first-order chi connectivity index (χ1) is 8.09. The Hall–Kier alpha value is -1.69. The lowest BCUT2D eigenvalue weighted by atomic mass is 10.1. The average molecular weight is 243 g/mol. The summed E-state index contributed by atoms with van der Waals surface area (Å²) < 4.78 is 31.9. The van der Waals surface area contributed by atoms with Gasteiger partial charge < -0.3 is 14.7 Å². The molecule has 1 aliphatic heterocycles. The minimum absolute atomic E-state index is 0.104. The van der Waals surface area contributed by atoms with Crippen LogP contribution in [0.25, 0.3) is 0 Å². The highest BCUT2D eigenvalue weighted by atomic mass is 19.1. The van der Waals surface area contributed by atoms with E-state index in [2.05, 4.69) is 0 Å². The maximum absolute atomic E-state index is 13.6. The van der Waals surface area contributed by atoms with Crippen LogP contribution >= 0.6 is 0 Å². The molecule has 17 heavy (non-hydrogen) atoms. The molecule has 1 aromatic rings. The highest BCUT2D eigenvalue weighted by Crippen LogP contribution is 2.24. The SMILES string of the molecule is O=C(O)c1cc(N2CCOCC2)c(F)cc1F. The van der Waals surface area contributed by atoms with E-state index in [0.29, 0.717) is 32.4 Å². The van der Waals surface area contributed by atoms with Crippen LogP contribution in [0.2, 0.25) is 0 Å². The van der Waals surface area contributed by atoms with Crippen molar-refractivity contribution >= 4 is 11.7 Å². The minimum atomic E-state index is -1.41. The molecule has 1 aliphatic rings. The Morgan fingerprint density at radius 3 is 2.47 bits per heavy atom. The molecular weight excluding hydrogens is 232 g/mol. The number of rotatable bonds is 2. The summed E-state index contributed by atoms with van der Waals surface area (Å²) in [6.07, 6.45) is 0. The number of carboxylic acids is 1. The van der Waals surface area contributed by atoms with E-state index in [-0.39, 0.29) is 5.69 Å². The van der Waals surface area contributed by atoms with E-state index in [1.807, 2.05) is 0 Å². The molecule has 0 atom stereocenters. The summed E-state index contributed by atoms with van der Waals surface area (Å²) in [6.45, 7) is 1.81. The molecule has 0 aromatic heterocycles. The van der Waals surface area contributed by atoms with Crippen LogP contribution < -0.4 is 4.90 Å². The molecule has 0 spiro atoms. The molecule has 0 aliphatic carbocycles. The van der Waals surface area contributed by atoms with E-state index in [1.54, 1.807) is 4.90 Å². The third kappa shape index (κ3) is 2.36. The topological polar surface area (TPSA) is 49.8 Å². The summed E-state index contributed by atoms with van der Waals surface area (Å²) >= 11 is 0. The van der Waals surface area contributed by atoms with Gasteiger partial charge in [-0.2, -0.15) is 0 Å². The average Bonchev–Trinajstić information content (AvgIpc) is 2.29. The lowest BCUT2D eigenvalue weighted by Gasteiger charge is -2.29. The number of anilines is 1. The third-order valence-electron chi connectivity index (χ3n) is 2.62. The van der Waals surface area contributed by atoms with Crippen LogP contribution in [0.1, 0.15) is 10.4 Å². The van der Waals surface area contributed by atoms with E-state index in [1.165, 1.54) is 0 Å². The number of hydrogen-bond donors (Lipinski definition) is 1. The second kappa shape index (κ2) is 4.67. The highest BCUT2D eigenvalue weighted by Gasteiger charge is 2.20. The van der Waals surface area contributed by atoms with Crippen molar-refractivity contribution < 1.29 is 23.4 Å². The molecule has 0 amide bonds. The van der Waals surface area contributed by atoms with Crippen molar-refractivity contribution in [1.82, 2.24) is 0 Å². The summed E-state index contributed by atoms with van der Waals surface area (Å²) in [5, 5.41) is 8.77. The summed E-state index contributed by atoms with van der Waals surface area (Å²) in [4.78, 5) is 12.4. The predicted molar refractivity (Wildman–Crippen MR) is 56.3 cm³/mol. The van der Waals surface area contributed by atoms with Gasteiger partial charge in [-0.3, -0.25) is 0 Å². The Kier molecular flexibility index (Phi) is 3.23. The van der Waals surface area contributed by atoms with E-state index >= 15 is 0 Å². The zero-order valence-electron chi connectivity index (χ0n) is 8.95. The summed E-state index contributed by atoms with van der Waals surface area (Å²) in [5.74, 6) is -3.22. The Morgan fingerprint density at radius 1 is 1.24 bits per heavy atom. The molecule has 6 heteroatoms. The van der Waals surface area contributed by atoms with Crippen LogP contribution in [0.3, 0.4) is 0 Å². The zero-order chi connectivity index (χ0) is 12.4. The number of halogens is 2. The fourth-order valence-electron chi connectivity index (χ4n) is 1.75. The van der Waals surface area contributed by atoms with Crippen LogP contribution in [0, 0.1) is 11.6 Å². The van der Waals surface area contributed by atoms with Gasteiger partial charge in [0.05, 0.1) is 24.5 Å². The van der Waals surface area contributed by atoms with Gasteiger partial charge in [-0.25, -0.2) is 13.6 Å². The molecule has 0 saturated carbocycles. The van der Waals surface area contributed by atoms with E-state index in [9.17, 15) is 13.6 Å². The number of benzene rings is 1. The summed E-state index contributed by atoms with van der Waals surface area (Å²) in [7, 11) is 0. The molecule has 2 rings (SSSR count). The number of carboxylic acid groups (broad SMARTS) is 1. The van der Waals surface area contributed by atoms with Crippen molar-refractivity contribution in [1.29, 1.82) is 0 Å². The van der Waals surface area contributed by atoms with Crippen LogP contribution in [0.4, 0.5) is 14.5 Å². The first-order valence-electron chi connectivity index (χ1n) is 5.14. The lowest BCUT2D eigenvalue weighted by molar-refractivity contribution is 0.0692. The zero-order valence-corrected chi connectivity index (χ0v) is 8.95. The standard InChI is InChI=1S/C11H11F2NO3/c12-8-6-9(13)10(5-7(8)11(15)16)14-1-3-17-4-2-14/h5-6H,1-4H2,(H,15,16). The van der Waals surface area contributed by atoms with Crippen LogP contribution in [-0.2, 0) is 4.74 Å². The van der Waals surface area contributed by atoms with Crippen LogP contribution in [0.15, 0.2) is 12.1 Å². The molecule has 0 radical (unpaired) electrons. The van der Waals surface area contributed by atoms with Gasteiger partial charge >= 0.3 is 5.97 Å². The maximum atomic E-state index is 13.6. The fourth-order valence-corrected chi connectivity index (χ4v) is 1.75. The van der Waals surface area contributed by atoms with Gasteiger partial charge in [0.2, 0.25) is 0 Å². The van der Waals surface area contributed by atoms with Crippen molar-refractivity contribution in [3.05, 3.63) is 29.3 Å². The predicted octanol–water partition coefficient (Wildman–Crippen LogP) is 1.50. The highest BCUT2D eigenvalue weighted by molar-refractivity contribution is 5.89. The molecule has 0 bridgehead atoms. The van der Waals surface area contributed by atoms with Crippen molar-refractivity contribution in [3.63, 3.8) is 0 Å². The van der Waals surface area contributed by atoms with Gasteiger partial charge in [0.15, 0.2) is 0 Å². The van der Waals surface area contributed by atoms with Crippen molar-refractivity contribution in [2.75, 3.05) is 31.2 Å². The van der Waals surface area contributed by atoms with Gasteiger partial charge in [-0.15, -0.1) is 0 Å². The molecule has 1 saturated heterocycles. The van der Waals surface area contributed by atoms with Crippen LogP contribution in [-0.4, -0.2) is 37.4 Å². The Morgan fingerprint density at radius 2 is 1.88 bits per heavy atom. The quantitative estimate of drug-likeness (QED) is 0.855. The van der Waals surface area contributed by atoms with Gasteiger partial charge in [0.1, 0.15) is 11.6 Å². The number of ether oxygens (including phenoxy) is 1. The molecule has 1 heterocycles. The van der Waals surface area contributed by atoms with E-state index < -0.39 is 23.2 Å². The van der Waals surface area contributed by atoms with Gasteiger partial charge in [-0.1, -0.05) is 0 Å². The van der Waals surface area contributed by atoms with Crippen molar-refractivity contribution in [2.24, 2.45) is 0 Å². The molecule has 0 unspecified atom stereocenters. The Labute approximate surface area is 96.4 Å². The largest absolute Gasteiger partial charge is 0.478 e. The smallest absolute Gasteiger partial charge is 0.338 e. The Bertz CT molecular complexity index is 445. The summed E-state index contributed by atoms with van der Waals surface area (Å²) in [5.41, 5.74) is -0.417. The maximum Gasteiger partial charge on any atom is 0.338 e. The fraction of sp³-hybridized carbons (Fsp3) is 0.364. The van der Waals surface area contributed by atoms with Gasteiger partial charge in [-0.05, 0) is 6.07 Å². The van der Waals surface area contributed by atoms with Crippen LogP contribution in [0.5, 0.6) is 0 Å². The molecular formula is C11H11F2NO3. The Balaban J connectivity index is 2.38. The molecule has 4 nitrogen and oxygen atoms in total. The number of aromatic carboxylic acids is 1. The van der Waals surface area contributed by atoms with Gasteiger partial charge in [0, 0.05) is 19.2 Å². The van der Waals surface area contributed by atoms with Crippen molar-refractivity contribution in [3.8, 4) is 0 Å². The number of nitrogens with zero attached hydrogens (tertiary/aromatic N) is 1. The monoisotopic (exact) mass is 243 g/mol. The normalized spacial score (nSPS) is 16.0. The molecule has 1 aromatic carbocycles. The molecule has 1 fully saturated rings. The second-order valence-corrected chi connectivity index (χ2v) is 3.69. The number of carbonyl (C=O) groups is 1. The molecule has 92 valence electrons. The second-order valence-electron chi connectivity index (χ2n) is 3.69.